The van der Waals surface area contributed by atoms with E-state index in [9.17, 15) is 0 Å². The van der Waals surface area contributed by atoms with Gasteiger partial charge in [0, 0.05) is 24.6 Å². The van der Waals surface area contributed by atoms with Crippen molar-refractivity contribution in [3.8, 4) is 5.75 Å². The lowest BCUT2D eigenvalue weighted by Gasteiger charge is -2.16. The van der Waals surface area contributed by atoms with E-state index in [4.69, 9.17) is 15.5 Å². The van der Waals surface area contributed by atoms with Crippen LogP contribution < -0.4 is 10.5 Å². The summed E-state index contributed by atoms with van der Waals surface area (Å²) in [6, 6.07) is 6.35. The summed E-state index contributed by atoms with van der Waals surface area (Å²) in [6.45, 7) is 3.09. The Hall–Kier alpha value is -1.55. The molecule has 0 spiro atoms. The molecule has 0 saturated heterocycles. The molecule has 1 aliphatic carbocycles. The first-order valence-electron chi connectivity index (χ1n) is 7.04. The molecule has 3 rings (SSSR count). The molecule has 1 heterocycles. The van der Waals surface area contributed by atoms with Gasteiger partial charge in [-0.15, -0.1) is 0 Å². The monoisotopic (exact) mass is 259 g/mol. The van der Waals surface area contributed by atoms with Crippen LogP contribution in [0.2, 0.25) is 0 Å². The van der Waals surface area contributed by atoms with Crippen LogP contribution in [0.3, 0.4) is 0 Å². The van der Waals surface area contributed by atoms with E-state index in [2.05, 4.69) is 17.6 Å². The molecule has 1 fully saturated rings. The molecule has 102 valence electrons. The first kappa shape index (κ1) is 12.5. The maximum atomic E-state index is 6.23. The smallest absolute Gasteiger partial charge is 0.121 e. The van der Waals surface area contributed by atoms with Crippen LogP contribution >= 0.6 is 0 Å². The highest BCUT2D eigenvalue weighted by atomic mass is 16.5. The van der Waals surface area contributed by atoms with Gasteiger partial charge < -0.3 is 15.0 Å². The second-order valence-electron chi connectivity index (χ2n) is 5.27. The molecule has 2 unspecified atom stereocenters. The molecule has 0 bridgehead atoms. The van der Waals surface area contributed by atoms with Gasteiger partial charge in [-0.3, -0.25) is 0 Å². The molecule has 1 aromatic heterocycles. The zero-order chi connectivity index (χ0) is 13.4. The number of fused-ring (bicyclic) bond motifs is 1. The standard InChI is InChI=1S/C15H21N3O/c1-3-18-14-8-7-10(19-2)9-13(14)17-15(18)11-5-4-6-12(11)16/h7-9,11-12H,3-6,16H2,1-2H3. The molecule has 4 nitrogen and oxygen atoms in total. The van der Waals surface area contributed by atoms with Gasteiger partial charge in [0.2, 0.25) is 0 Å². The van der Waals surface area contributed by atoms with Crippen molar-refractivity contribution in [1.82, 2.24) is 9.55 Å². The van der Waals surface area contributed by atoms with Crippen LogP contribution in [0.15, 0.2) is 18.2 Å². The minimum absolute atomic E-state index is 0.254. The van der Waals surface area contributed by atoms with Crippen molar-refractivity contribution in [2.75, 3.05) is 7.11 Å². The number of hydrogen-bond acceptors (Lipinski definition) is 3. The minimum Gasteiger partial charge on any atom is -0.497 e. The average Bonchev–Trinajstić information content (AvgIpc) is 3.00. The van der Waals surface area contributed by atoms with Gasteiger partial charge in [-0.1, -0.05) is 6.42 Å². The first-order valence-corrected chi connectivity index (χ1v) is 7.04. The van der Waals surface area contributed by atoms with Crippen molar-refractivity contribution in [3.63, 3.8) is 0 Å². The quantitative estimate of drug-likeness (QED) is 0.922. The second kappa shape index (κ2) is 4.85. The van der Waals surface area contributed by atoms with E-state index in [0.29, 0.717) is 5.92 Å². The molecule has 19 heavy (non-hydrogen) atoms. The van der Waals surface area contributed by atoms with E-state index in [1.807, 2.05) is 12.1 Å². The minimum atomic E-state index is 0.254. The third-order valence-corrected chi connectivity index (χ3v) is 4.20. The molecule has 2 N–H and O–H groups in total. The van der Waals surface area contributed by atoms with Crippen LogP contribution in [0.5, 0.6) is 5.75 Å². The van der Waals surface area contributed by atoms with Gasteiger partial charge in [-0.05, 0) is 31.9 Å². The number of nitrogens with two attached hydrogens (primary N) is 1. The molecule has 0 amide bonds. The SMILES string of the molecule is CCn1c(C2CCCC2N)nc2cc(OC)ccc21. The Labute approximate surface area is 113 Å². The van der Waals surface area contributed by atoms with Gasteiger partial charge in [0.1, 0.15) is 11.6 Å². The molecule has 1 aromatic carbocycles. The fraction of sp³-hybridized carbons (Fsp3) is 0.533. The van der Waals surface area contributed by atoms with Crippen LogP contribution in [0.4, 0.5) is 0 Å². The van der Waals surface area contributed by atoms with E-state index < -0.39 is 0 Å². The second-order valence-corrected chi connectivity index (χ2v) is 5.27. The molecule has 2 aromatic rings. The fourth-order valence-corrected chi connectivity index (χ4v) is 3.18. The molecule has 4 heteroatoms. The van der Waals surface area contributed by atoms with Crippen molar-refractivity contribution in [2.24, 2.45) is 5.73 Å². The van der Waals surface area contributed by atoms with Crippen molar-refractivity contribution in [3.05, 3.63) is 24.0 Å². The van der Waals surface area contributed by atoms with Gasteiger partial charge in [-0.2, -0.15) is 0 Å². The number of ether oxygens (including phenoxy) is 1. The topological polar surface area (TPSA) is 53.1 Å². The van der Waals surface area contributed by atoms with E-state index >= 15 is 0 Å². The normalized spacial score (nSPS) is 23.1. The van der Waals surface area contributed by atoms with Gasteiger partial charge in [0.15, 0.2) is 0 Å². The number of imidazole rings is 1. The van der Waals surface area contributed by atoms with E-state index in [0.717, 1.165) is 36.5 Å². The Balaban J connectivity index is 2.13. The van der Waals surface area contributed by atoms with Crippen molar-refractivity contribution in [2.45, 2.75) is 44.7 Å². The molecule has 0 aliphatic heterocycles. The molecular formula is C15H21N3O. The predicted octanol–water partition coefficient (Wildman–Crippen LogP) is 2.66. The van der Waals surface area contributed by atoms with Gasteiger partial charge >= 0.3 is 0 Å². The third-order valence-electron chi connectivity index (χ3n) is 4.20. The highest BCUT2D eigenvalue weighted by Gasteiger charge is 2.29. The lowest BCUT2D eigenvalue weighted by atomic mass is 10.0. The molecular weight excluding hydrogens is 238 g/mol. The molecule has 1 saturated carbocycles. The predicted molar refractivity (Wildman–Crippen MR) is 76.5 cm³/mol. The Morgan fingerprint density at radius 1 is 1.42 bits per heavy atom. The van der Waals surface area contributed by atoms with E-state index in [-0.39, 0.29) is 6.04 Å². The Bertz CT molecular complexity index is 590. The Kier molecular flexibility index (Phi) is 3.19. The zero-order valence-electron chi connectivity index (χ0n) is 11.6. The summed E-state index contributed by atoms with van der Waals surface area (Å²) in [7, 11) is 1.69. The summed E-state index contributed by atoms with van der Waals surface area (Å²) in [5.74, 6) is 2.41. The summed E-state index contributed by atoms with van der Waals surface area (Å²) in [5, 5.41) is 0. The summed E-state index contributed by atoms with van der Waals surface area (Å²) >= 11 is 0. The highest BCUT2D eigenvalue weighted by molar-refractivity contribution is 5.78. The van der Waals surface area contributed by atoms with Crippen LogP contribution in [0.1, 0.15) is 37.9 Å². The highest BCUT2D eigenvalue weighted by Crippen LogP contribution is 2.35. The third kappa shape index (κ3) is 2.00. The Morgan fingerprint density at radius 3 is 2.89 bits per heavy atom. The average molecular weight is 259 g/mol. The summed E-state index contributed by atoms with van der Waals surface area (Å²) in [4.78, 5) is 4.83. The van der Waals surface area contributed by atoms with Gasteiger partial charge in [0.05, 0.1) is 18.1 Å². The van der Waals surface area contributed by atoms with Crippen LogP contribution in [0, 0.1) is 0 Å². The summed E-state index contributed by atoms with van der Waals surface area (Å²) < 4.78 is 7.57. The molecule has 0 radical (unpaired) electrons. The lowest BCUT2D eigenvalue weighted by Crippen LogP contribution is -2.25. The van der Waals surface area contributed by atoms with Crippen LogP contribution in [0.25, 0.3) is 11.0 Å². The van der Waals surface area contributed by atoms with Crippen LogP contribution in [-0.4, -0.2) is 22.7 Å². The maximum absolute atomic E-state index is 6.23. The lowest BCUT2D eigenvalue weighted by molar-refractivity contribution is 0.415. The van der Waals surface area contributed by atoms with Crippen LogP contribution in [-0.2, 0) is 6.54 Å². The number of aryl methyl sites for hydroxylation is 1. The van der Waals surface area contributed by atoms with Crippen molar-refractivity contribution < 1.29 is 4.74 Å². The molecule has 2 atom stereocenters. The van der Waals surface area contributed by atoms with Gasteiger partial charge in [0.25, 0.3) is 0 Å². The van der Waals surface area contributed by atoms with E-state index in [1.165, 1.54) is 11.9 Å². The Morgan fingerprint density at radius 2 is 2.26 bits per heavy atom. The fourth-order valence-electron chi connectivity index (χ4n) is 3.18. The summed E-state index contributed by atoms with van der Waals surface area (Å²) in [6.07, 6.45) is 3.48. The van der Waals surface area contributed by atoms with Crippen molar-refractivity contribution >= 4 is 11.0 Å². The number of benzene rings is 1. The maximum Gasteiger partial charge on any atom is 0.121 e. The number of nitrogens with zero attached hydrogens (tertiary/aromatic N) is 2. The largest absolute Gasteiger partial charge is 0.497 e. The number of methoxy groups -OCH3 is 1. The molecule has 1 aliphatic rings. The zero-order valence-corrected chi connectivity index (χ0v) is 11.6. The number of rotatable bonds is 3. The first-order chi connectivity index (χ1) is 9.24. The van der Waals surface area contributed by atoms with Gasteiger partial charge in [-0.25, -0.2) is 4.98 Å². The number of hydrogen-bond donors (Lipinski definition) is 1. The summed E-state index contributed by atoms with van der Waals surface area (Å²) in [5.41, 5.74) is 8.42. The number of aromatic nitrogens is 2. The van der Waals surface area contributed by atoms with E-state index in [1.54, 1.807) is 7.11 Å². The van der Waals surface area contributed by atoms with Crippen molar-refractivity contribution in [1.29, 1.82) is 0 Å².